The monoisotopic (exact) mass is 156 g/mol. The predicted molar refractivity (Wildman–Crippen MR) is 39.1 cm³/mol. The molecule has 2 bridgehead atoms. The van der Waals surface area contributed by atoms with Gasteiger partial charge in [0.1, 0.15) is 5.54 Å². The molecular weight excluding hydrogens is 144 g/mol. The molecule has 2 rings (SSSR count). The van der Waals surface area contributed by atoms with E-state index in [1.807, 2.05) is 0 Å². The van der Waals surface area contributed by atoms with Crippen molar-refractivity contribution in [1.82, 2.24) is 4.90 Å². The minimum atomic E-state index is -0.946. The van der Waals surface area contributed by atoms with E-state index < -0.39 is 11.5 Å². The third-order valence-electron chi connectivity index (χ3n) is 2.88. The van der Waals surface area contributed by atoms with Crippen LogP contribution in [0.1, 0.15) is 6.42 Å². The second-order valence-electron chi connectivity index (χ2n) is 3.57. The summed E-state index contributed by atoms with van der Waals surface area (Å²) in [6.45, 7) is 2.44. The summed E-state index contributed by atoms with van der Waals surface area (Å²) in [6.07, 6.45) is 0.947. The standard InChI is InChI=1S/C7H12N2O2/c8-7(6(10)11)4-9-2-1-5(7)3-9/h5H,1-4,8H2,(H,10,11)/t5-,7+/m1/s1. The summed E-state index contributed by atoms with van der Waals surface area (Å²) >= 11 is 0. The van der Waals surface area contributed by atoms with Crippen LogP contribution in [0.2, 0.25) is 0 Å². The van der Waals surface area contributed by atoms with Gasteiger partial charge < -0.3 is 15.7 Å². The van der Waals surface area contributed by atoms with Crippen molar-refractivity contribution in [1.29, 1.82) is 0 Å². The highest BCUT2D eigenvalue weighted by molar-refractivity contribution is 5.80. The van der Waals surface area contributed by atoms with Gasteiger partial charge in [0, 0.05) is 19.0 Å². The molecule has 2 fully saturated rings. The number of hydrogen-bond donors (Lipinski definition) is 2. The molecule has 0 aromatic carbocycles. The number of carboxylic acids is 1. The number of aliphatic carboxylic acids is 1. The second kappa shape index (κ2) is 1.95. The van der Waals surface area contributed by atoms with E-state index in [0.29, 0.717) is 6.54 Å². The van der Waals surface area contributed by atoms with Crippen molar-refractivity contribution in [2.24, 2.45) is 11.7 Å². The van der Waals surface area contributed by atoms with E-state index in [2.05, 4.69) is 4.90 Å². The molecule has 11 heavy (non-hydrogen) atoms. The molecule has 0 aliphatic carbocycles. The molecule has 0 aromatic heterocycles. The molecule has 1 unspecified atom stereocenters. The van der Waals surface area contributed by atoms with Crippen LogP contribution < -0.4 is 5.73 Å². The van der Waals surface area contributed by atoms with Crippen molar-refractivity contribution < 1.29 is 9.90 Å². The Morgan fingerprint density at radius 1 is 1.73 bits per heavy atom. The fraction of sp³-hybridized carbons (Fsp3) is 0.857. The van der Waals surface area contributed by atoms with Crippen LogP contribution in [0, 0.1) is 5.92 Å². The summed E-state index contributed by atoms with van der Waals surface area (Å²) in [4.78, 5) is 12.9. The van der Waals surface area contributed by atoms with Gasteiger partial charge in [0.05, 0.1) is 0 Å². The Labute approximate surface area is 65.0 Å². The molecule has 0 saturated carbocycles. The van der Waals surface area contributed by atoms with Crippen LogP contribution in [0.3, 0.4) is 0 Å². The lowest BCUT2D eigenvalue weighted by molar-refractivity contribution is -0.144. The number of piperidine rings is 1. The molecule has 2 saturated heterocycles. The smallest absolute Gasteiger partial charge is 0.325 e. The maximum absolute atomic E-state index is 10.8. The van der Waals surface area contributed by atoms with E-state index in [9.17, 15) is 4.79 Å². The first-order valence-corrected chi connectivity index (χ1v) is 3.87. The van der Waals surface area contributed by atoms with Gasteiger partial charge in [-0.25, -0.2) is 0 Å². The topological polar surface area (TPSA) is 66.6 Å². The Morgan fingerprint density at radius 3 is 2.73 bits per heavy atom. The zero-order valence-electron chi connectivity index (χ0n) is 6.29. The van der Waals surface area contributed by atoms with E-state index in [0.717, 1.165) is 19.5 Å². The Hall–Kier alpha value is -0.610. The molecule has 2 heterocycles. The van der Waals surface area contributed by atoms with Crippen LogP contribution >= 0.6 is 0 Å². The summed E-state index contributed by atoms with van der Waals surface area (Å²) in [5, 5.41) is 8.84. The lowest BCUT2D eigenvalue weighted by Gasteiger charge is -2.28. The van der Waals surface area contributed by atoms with Crippen molar-refractivity contribution in [2.75, 3.05) is 19.6 Å². The molecule has 2 aliphatic heterocycles. The minimum Gasteiger partial charge on any atom is -0.480 e. The van der Waals surface area contributed by atoms with Gasteiger partial charge in [-0.05, 0) is 13.0 Å². The quantitative estimate of drug-likeness (QED) is 0.516. The molecule has 3 N–H and O–H groups in total. The van der Waals surface area contributed by atoms with Crippen molar-refractivity contribution >= 4 is 5.97 Å². The molecular formula is C7H12N2O2. The van der Waals surface area contributed by atoms with E-state index >= 15 is 0 Å². The normalized spacial score (nSPS) is 48.1. The molecule has 4 nitrogen and oxygen atoms in total. The van der Waals surface area contributed by atoms with Gasteiger partial charge in [-0.1, -0.05) is 0 Å². The molecule has 4 heteroatoms. The maximum Gasteiger partial charge on any atom is 0.325 e. The van der Waals surface area contributed by atoms with Crippen LogP contribution in [0.25, 0.3) is 0 Å². The Kier molecular flexibility index (Phi) is 1.25. The minimum absolute atomic E-state index is 0.181. The zero-order valence-corrected chi connectivity index (χ0v) is 6.29. The van der Waals surface area contributed by atoms with Crippen LogP contribution in [-0.2, 0) is 4.79 Å². The molecule has 0 aromatic rings. The van der Waals surface area contributed by atoms with Gasteiger partial charge in [-0.15, -0.1) is 0 Å². The van der Waals surface area contributed by atoms with Gasteiger partial charge in [-0.3, -0.25) is 4.79 Å². The lowest BCUT2D eigenvalue weighted by Crippen LogP contribution is -2.56. The van der Waals surface area contributed by atoms with Crippen molar-refractivity contribution in [2.45, 2.75) is 12.0 Å². The van der Waals surface area contributed by atoms with Gasteiger partial charge in [-0.2, -0.15) is 0 Å². The highest BCUT2D eigenvalue weighted by atomic mass is 16.4. The number of carbonyl (C=O) groups is 1. The highest BCUT2D eigenvalue weighted by Gasteiger charge is 2.52. The molecule has 2 aliphatic rings. The van der Waals surface area contributed by atoms with E-state index in [-0.39, 0.29) is 5.92 Å². The first-order valence-electron chi connectivity index (χ1n) is 3.87. The average molecular weight is 156 g/mol. The summed E-state index contributed by atoms with van der Waals surface area (Å²) in [5.74, 6) is -0.662. The van der Waals surface area contributed by atoms with E-state index in [1.54, 1.807) is 0 Å². The third kappa shape index (κ3) is 0.795. The molecule has 0 radical (unpaired) electrons. The van der Waals surface area contributed by atoms with Crippen LogP contribution in [0.4, 0.5) is 0 Å². The molecule has 3 atom stereocenters. The van der Waals surface area contributed by atoms with E-state index in [4.69, 9.17) is 10.8 Å². The van der Waals surface area contributed by atoms with Crippen LogP contribution in [0.15, 0.2) is 0 Å². The Morgan fingerprint density at radius 2 is 2.45 bits per heavy atom. The Balaban J connectivity index is 2.23. The maximum atomic E-state index is 10.8. The number of nitrogens with two attached hydrogens (primary N) is 1. The fourth-order valence-electron chi connectivity index (χ4n) is 2.14. The third-order valence-corrected chi connectivity index (χ3v) is 2.88. The van der Waals surface area contributed by atoms with Gasteiger partial charge >= 0.3 is 5.97 Å². The van der Waals surface area contributed by atoms with Crippen LogP contribution in [-0.4, -0.2) is 41.1 Å². The van der Waals surface area contributed by atoms with Gasteiger partial charge in [0.25, 0.3) is 0 Å². The fourth-order valence-corrected chi connectivity index (χ4v) is 2.14. The predicted octanol–water partition coefficient (Wildman–Crippen LogP) is -0.896. The van der Waals surface area contributed by atoms with Crippen LogP contribution in [0.5, 0.6) is 0 Å². The summed E-state index contributed by atoms with van der Waals surface area (Å²) in [6, 6.07) is 0. The van der Waals surface area contributed by atoms with Gasteiger partial charge in [0.2, 0.25) is 0 Å². The second-order valence-corrected chi connectivity index (χ2v) is 3.57. The highest BCUT2D eigenvalue weighted by Crippen LogP contribution is 2.34. The van der Waals surface area contributed by atoms with E-state index in [1.165, 1.54) is 0 Å². The Bertz CT molecular complexity index is 207. The average Bonchev–Trinajstić information content (AvgIpc) is 2.45. The first-order chi connectivity index (χ1) is 5.13. The number of fused-ring (bicyclic) bond motifs is 2. The SMILES string of the molecule is N[C@@]1(C(=O)O)CN2CC[C@@H]1C2. The largest absolute Gasteiger partial charge is 0.480 e. The van der Waals surface area contributed by atoms with Crippen molar-refractivity contribution in [3.8, 4) is 0 Å². The molecule has 62 valence electrons. The number of carboxylic acid groups (broad SMARTS) is 1. The molecule has 0 amide bonds. The first kappa shape index (κ1) is 7.06. The summed E-state index contributed by atoms with van der Waals surface area (Å²) in [7, 11) is 0. The van der Waals surface area contributed by atoms with Gasteiger partial charge in [0.15, 0.2) is 0 Å². The molecule has 0 spiro atoms. The number of hydrogen-bond acceptors (Lipinski definition) is 3. The summed E-state index contributed by atoms with van der Waals surface area (Å²) in [5.41, 5.74) is 4.80. The van der Waals surface area contributed by atoms with Crippen molar-refractivity contribution in [3.05, 3.63) is 0 Å². The lowest BCUT2D eigenvalue weighted by atomic mass is 9.85. The summed E-state index contributed by atoms with van der Waals surface area (Å²) < 4.78 is 0. The van der Waals surface area contributed by atoms with Crippen molar-refractivity contribution in [3.63, 3.8) is 0 Å². The zero-order chi connectivity index (χ0) is 8.06. The number of nitrogens with zero attached hydrogens (tertiary/aromatic N) is 1. The number of rotatable bonds is 1.